The highest BCUT2D eigenvalue weighted by Gasteiger charge is 2.29. The molecule has 124 valence electrons. The molecule has 0 aromatic carbocycles. The van der Waals surface area contributed by atoms with Gasteiger partial charge in [0.15, 0.2) is 0 Å². The van der Waals surface area contributed by atoms with E-state index in [1.165, 1.54) is 0 Å². The quantitative estimate of drug-likeness (QED) is 0.797. The molecule has 23 heavy (non-hydrogen) atoms. The number of ether oxygens (including phenoxy) is 2. The van der Waals surface area contributed by atoms with Gasteiger partial charge in [0, 0.05) is 12.5 Å². The van der Waals surface area contributed by atoms with Gasteiger partial charge in [0.25, 0.3) is 0 Å². The average Bonchev–Trinajstić information content (AvgIpc) is 2.62. The Bertz CT molecular complexity index is 576. The Morgan fingerprint density at radius 1 is 1.26 bits per heavy atom. The standard InChI is InChI=1S/C17H23N3O3/c1-22-15-10-18-11-16(19-15)23-14-8-5-9-20(12-14)17(21)13-6-3-2-4-7-13/h2-3,10-11,13-14H,4-9,12H2,1H3/t13-,14-/m1/s1. The summed E-state index contributed by atoms with van der Waals surface area (Å²) < 4.78 is 11.0. The second kappa shape index (κ2) is 7.44. The number of amides is 1. The summed E-state index contributed by atoms with van der Waals surface area (Å²) in [4.78, 5) is 22.9. The third kappa shape index (κ3) is 4.00. The first-order valence-corrected chi connectivity index (χ1v) is 8.22. The Morgan fingerprint density at radius 2 is 2.13 bits per heavy atom. The number of rotatable bonds is 4. The van der Waals surface area contributed by atoms with Gasteiger partial charge in [-0.3, -0.25) is 9.78 Å². The molecule has 1 fully saturated rings. The zero-order chi connectivity index (χ0) is 16.1. The smallest absolute Gasteiger partial charge is 0.235 e. The van der Waals surface area contributed by atoms with Gasteiger partial charge in [0.05, 0.1) is 26.0 Å². The van der Waals surface area contributed by atoms with E-state index < -0.39 is 0 Å². The fourth-order valence-electron chi connectivity index (χ4n) is 3.17. The summed E-state index contributed by atoms with van der Waals surface area (Å²) in [5, 5.41) is 0. The normalized spacial score (nSPS) is 24.3. The van der Waals surface area contributed by atoms with Crippen molar-refractivity contribution in [2.75, 3.05) is 20.2 Å². The van der Waals surface area contributed by atoms with E-state index in [2.05, 4.69) is 22.1 Å². The molecule has 6 heteroatoms. The number of aromatic nitrogens is 2. The second-order valence-corrected chi connectivity index (χ2v) is 6.05. The molecule has 1 aliphatic carbocycles. The van der Waals surface area contributed by atoms with Gasteiger partial charge in [-0.05, 0) is 32.1 Å². The first-order valence-electron chi connectivity index (χ1n) is 8.22. The van der Waals surface area contributed by atoms with Crippen LogP contribution in [-0.2, 0) is 4.79 Å². The van der Waals surface area contributed by atoms with Gasteiger partial charge in [-0.2, -0.15) is 4.98 Å². The van der Waals surface area contributed by atoms with E-state index in [0.717, 1.165) is 38.6 Å². The molecule has 6 nitrogen and oxygen atoms in total. The SMILES string of the molecule is COc1cncc(O[C@@H]2CCCN(C(=O)[C@@H]3CC=CCC3)C2)n1. The number of hydrogen-bond donors (Lipinski definition) is 0. The van der Waals surface area contributed by atoms with Gasteiger partial charge in [0.2, 0.25) is 17.7 Å². The molecule has 0 bridgehead atoms. The number of carbonyl (C=O) groups is 1. The number of likely N-dealkylation sites (tertiary alicyclic amines) is 1. The van der Waals surface area contributed by atoms with Crippen LogP contribution < -0.4 is 9.47 Å². The van der Waals surface area contributed by atoms with Crippen molar-refractivity contribution in [2.45, 2.75) is 38.2 Å². The molecule has 2 atom stereocenters. The summed E-state index contributed by atoms with van der Waals surface area (Å²) in [5.41, 5.74) is 0. The lowest BCUT2D eigenvalue weighted by atomic mass is 9.92. The molecule has 1 aromatic heterocycles. The molecule has 0 saturated carbocycles. The van der Waals surface area contributed by atoms with Crippen molar-refractivity contribution in [3.05, 3.63) is 24.5 Å². The minimum Gasteiger partial charge on any atom is -0.480 e. The van der Waals surface area contributed by atoms with Crippen LogP contribution in [0, 0.1) is 5.92 Å². The van der Waals surface area contributed by atoms with Gasteiger partial charge < -0.3 is 14.4 Å². The molecule has 0 N–H and O–H groups in total. The Hall–Kier alpha value is -2.11. The van der Waals surface area contributed by atoms with Crippen molar-refractivity contribution < 1.29 is 14.3 Å². The maximum Gasteiger partial charge on any atom is 0.235 e. The topological polar surface area (TPSA) is 64.6 Å². The van der Waals surface area contributed by atoms with E-state index in [9.17, 15) is 4.79 Å². The van der Waals surface area contributed by atoms with Crippen molar-refractivity contribution in [3.63, 3.8) is 0 Å². The van der Waals surface area contributed by atoms with Crippen LogP contribution in [0.1, 0.15) is 32.1 Å². The molecule has 1 amide bonds. The maximum atomic E-state index is 12.6. The lowest BCUT2D eigenvalue weighted by Crippen LogP contribution is -2.46. The monoisotopic (exact) mass is 317 g/mol. The van der Waals surface area contributed by atoms with E-state index in [-0.39, 0.29) is 17.9 Å². The van der Waals surface area contributed by atoms with Crippen molar-refractivity contribution in [3.8, 4) is 11.8 Å². The van der Waals surface area contributed by atoms with Crippen LogP contribution in [0.3, 0.4) is 0 Å². The molecule has 0 radical (unpaired) electrons. The van der Waals surface area contributed by atoms with E-state index in [1.54, 1.807) is 19.5 Å². The summed E-state index contributed by atoms with van der Waals surface area (Å²) in [5.74, 6) is 1.28. The summed E-state index contributed by atoms with van der Waals surface area (Å²) >= 11 is 0. The molecule has 0 spiro atoms. The van der Waals surface area contributed by atoms with Gasteiger partial charge >= 0.3 is 0 Å². The summed E-state index contributed by atoms with van der Waals surface area (Å²) in [6, 6.07) is 0. The highest BCUT2D eigenvalue weighted by molar-refractivity contribution is 5.79. The van der Waals surface area contributed by atoms with Crippen molar-refractivity contribution in [2.24, 2.45) is 5.92 Å². The van der Waals surface area contributed by atoms with E-state index in [1.807, 2.05) is 4.90 Å². The molecule has 2 aliphatic rings. The van der Waals surface area contributed by atoms with E-state index >= 15 is 0 Å². The average molecular weight is 317 g/mol. The minimum absolute atomic E-state index is 0.0340. The van der Waals surface area contributed by atoms with Crippen LogP contribution >= 0.6 is 0 Å². The molecule has 1 saturated heterocycles. The summed E-state index contributed by atoms with van der Waals surface area (Å²) in [6.45, 7) is 1.45. The van der Waals surface area contributed by atoms with Gasteiger partial charge in [-0.25, -0.2) is 0 Å². The Kier molecular flexibility index (Phi) is 5.10. The molecular weight excluding hydrogens is 294 g/mol. The molecule has 1 aliphatic heterocycles. The fourth-order valence-corrected chi connectivity index (χ4v) is 3.17. The summed E-state index contributed by atoms with van der Waals surface area (Å²) in [7, 11) is 1.55. The minimum atomic E-state index is -0.0340. The van der Waals surface area contributed by atoms with Crippen LogP contribution in [0.4, 0.5) is 0 Å². The lowest BCUT2D eigenvalue weighted by Gasteiger charge is -2.35. The Labute approximate surface area is 136 Å². The molecule has 1 aromatic rings. The van der Waals surface area contributed by atoms with Gasteiger partial charge in [0.1, 0.15) is 6.10 Å². The molecule has 0 unspecified atom stereocenters. The van der Waals surface area contributed by atoms with Crippen LogP contribution in [0.15, 0.2) is 24.5 Å². The van der Waals surface area contributed by atoms with Crippen molar-refractivity contribution in [1.82, 2.24) is 14.9 Å². The molecule has 2 heterocycles. The number of allylic oxidation sites excluding steroid dienone is 2. The zero-order valence-electron chi connectivity index (χ0n) is 13.5. The zero-order valence-corrected chi connectivity index (χ0v) is 13.5. The predicted molar refractivity (Wildman–Crippen MR) is 85.3 cm³/mol. The van der Waals surface area contributed by atoms with Crippen LogP contribution in [-0.4, -0.2) is 47.1 Å². The third-order valence-corrected chi connectivity index (χ3v) is 4.40. The predicted octanol–water partition coefficient (Wildman–Crippen LogP) is 2.21. The Balaban J connectivity index is 1.59. The third-order valence-electron chi connectivity index (χ3n) is 4.40. The first kappa shape index (κ1) is 15.8. The number of hydrogen-bond acceptors (Lipinski definition) is 5. The molecule has 3 rings (SSSR count). The number of nitrogens with zero attached hydrogens (tertiary/aromatic N) is 3. The first-order chi connectivity index (χ1) is 11.3. The van der Waals surface area contributed by atoms with Crippen molar-refractivity contribution in [1.29, 1.82) is 0 Å². The number of piperidine rings is 1. The number of methoxy groups -OCH3 is 1. The summed E-state index contributed by atoms with van der Waals surface area (Å²) in [6.07, 6.45) is 12.1. The largest absolute Gasteiger partial charge is 0.480 e. The van der Waals surface area contributed by atoms with Gasteiger partial charge in [-0.15, -0.1) is 0 Å². The van der Waals surface area contributed by atoms with Gasteiger partial charge in [-0.1, -0.05) is 12.2 Å². The number of carbonyl (C=O) groups excluding carboxylic acids is 1. The molecular formula is C17H23N3O3. The highest BCUT2D eigenvalue weighted by Crippen LogP contribution is 2.24. The van der Waals surface area contributed by atoms with E-state index in [4.69, 9.17) is 9.47 Å². The van der Waals surface area contributed by atoms with Crippen LogP contribution in [0.5, 0.6) is 11.8 Å². The fraction of sp³-hybridized carbons (Fsp3) is 0.588. The van der Waals surface area contributed by atoms with Crippen LogP contribution in [0.25, 0.3) is 0 Å². The van der Waals surface area contributed by atoms with Crippen molar-refractivity contribution >= 4 is 5.91 Å². The second-order valence-electron chi connectivity index (χ2n) is 6.05. The van der Waals surface area contributed by atoms with E-state index in [0.29, 0.717) is 18.3 Å². The van der Waals surface area contributed by atoms with Crippen LogP contribution in [0.2, 0.25) is 0 Å². The lowest BCUT2D eigenvalue weighted by molar-refractivity contribution is -0.138. The highest BCUT2D eigenvalue weighted by atomic mass is 16.5. The Morgan fingerprint density at radius 3 is 2.91 bits per heavy atom. The maximum absolute atomic E-state index is 12.6.